The molecule has 102 valence electrons. The Labute approximate surface area is 105 Å². The maximum atomic E-state index is 11.3. The summed E-state index contributed by atoms with van der Waals surface area (Å²) in [4.78, 5) is 13.6. The van der Waals surface area contributed by atoms with E-state index in [0.29, 0.717) is 13.0 Å². The van der Waals surface area contributed by atoms with Gasteiger partial charge in [0.15, 0.2) is 0 Å². The van der Waals surface area contributed by atoms with E-state index in [0.717, 1.165) is 32.5 Å². The SMILES string of the molecule is CCCN(CCC)CCC(C)(NCC)C(=O)O. The number of carboxylic acids is 1. The predicted molar refractivity (Wildman–Crippen MR) is 71.4 cm³/mol. The average Bonchev–Trinajstić information content (AvgIpc) is 2.27. The Morgan fingerprint density at radius 2 is 1.71 bits per heavy atom. The van der Waals surface area contributed by atoms with Gasteiger partial charge in [0.1, 0.15) is 5.54 Å². The zero-order valence-corrected chi connectivity index (χ0v) is 11.8. The molecule has 2 N–H and O–H groups in total. The van der Waals surface area contributed by atoms with Crippen LogP contribution in [0.1, 0.15) is 47.0 Å². The van der Waals surface area contributed by atoms with Gasteiger partial charge < -0.3 is 15.3 Å². The number of carboxylic acid groups (broad SMARTS) is 1. The second kappa shape index (κ2) is 8.48. The van der Waals surface area contributed by atoms with Crippen molar-refractivity contribution in [3.8, 4) is 0 Å². The zero-order valence-electron chi connectivity index (χ0n) is 11.8. The van der Waals surface area contributed by atoms with E-state index >= 15 is 0 Å². The Morgan fingerprint density at radius 3 is 2.06 bits per heavy atom. The minimum atomic E-state index is -0.797. The number of aliphatic carboxylic acids is 1. The second-order valence-electron chi connectivity index (χ2n) is 4.76. The molecule has 0 bridgehead atoms. The summed E-state index contributed by atoms with van der Waals surface area (Å²) >= 11 is 0. The number of rotatable bonds is 10. The molecule has 17 heavy (non-hydrogen) atoms. The molecule has 0 radical (unpaired) electrons. The molecule has 0 saturated heterocycles. The molecule has 0 aromatic carbocycles. The summed E-state index contributed by atoms with van der Waals surface area (Å²) in [6.07, 6.45) is 2.88. The summed E-state index contributed by atoms with van der Waals surface area (Å²) in [6, 6.07) is 0. The third kappa shape index (κ3) is 6.03. The van der Waals surface area contributed by atoms with Crippen LogP contribution in [0.2, 0.25) is 0 Å². The summed E-state index contributed by atoms with van der Waals surface area (Å²) in [5.74, 6) is -0.757. The lowest BCUT2D eigenvalue weighted by Gasteiger charge is -2.29. The average molecular weight is 244 g/mol. The Bertz CT molecular complexity index is 215. The van der Waals surface area contributed by atoms with Crippen LogP contribution in [0.5, 0.6) is 0 Å². The maximum absolute atomic E-state index is 11.3. The summed E-state index contributed by atoms with van der Waals surface area (Å²) in [5, 5.41) is 12.3. The van der Waals surface area contributed by atoms with Crippen LogP contribution >= 0.6 is 0 Å². The Morgan fingerprint density at radius 1 is 1.18 bits per heavy atom. The highest BCUT2D eigenvalue weighted by Crippen LogP contribution is 2.11. The van der Waals surface area contributed by atoms with Crippen molar-refractivity contribution in [3.63, 3.8) is 0 Å². The Balaban J connectivity index is 4.30. The molecule has 1 atom stereocenters. The normalized spacial score (nSPS) is 14.9. The van der Waals surface area contributed by atoms with Crippen LogP contribution in [-0.2, 0) is 4.79 Å². The van der Waals surface area contributed by atoms with E-state index < -0.39 is 11.5 Å². The van der Waals surface area contributed by atoms with Gasteiger partial charge in [-0.15, -0.1) is 0 Å². The summed E-state index contributed by atoms with van der Waals surface area (Å²) in [7, 11) is 0. The largest absolute Gasteiger partial charge is 0.480 e. The monoisotopic (exact) mass is 244 g/mol. The van der Waals surface area contributed by atoms with E-state index in [4.69, 9.17) is 0 Å². The number of hydrogen-bond acceptors (Lipinski definition) is 3. The van der Waals surface area contributed by atoms with Crippen molar-refractivity contribution >= 4 is 5.97 Å². The highest BCUT2D eigenvalue weighted by molar-refractivity contribution is 5.78. The first-order valence-corrected chi connectivity index (χ1v) is 6.70. The lowest BCUT2D eigenvalue weighted by atomic mass is 9.97. The fourth-order valence-electron chi connectivity index (χ4n) is 2.01. The molecule has 0 aliphatic carbocycles. The van der Waals surface area contributed by atoms with Gasteiger partial charge in [-0.3, -0.25) is 4.79 Å². The van der Waals surface area contributed by atoms with E-state index in [2.05, 4.69) is 24.1 Å². The van der Waals surface area contributed by atoms with Gasteiger partial charge >= 0.3 is 5.97 Å². The van der Waals surface area contributed by atoms with Gasteiger partial charge in [0, 0.05) is 6.54 Å². The standard InChI is InChI=1S/C13H28N2O2/c1-5-9-15(10-6-2)11-8-13(4,12(16)17)14-7-3/h14H,5-11H2,1-4H3,(H,16,17). The topological polar surface area (TPSA) is 52.6 Å². The van der Waals surface area contributed by atoms with Crippen LogP contribution in [-0.4, -0.2) is 47.7 Å². The van der Waals surface area contributed by atoms with E-state index in [-0.39, 0.29) is 0 Å². The summed E-state index contributed by atoms with van der Waals surface area (Å²) in [6.45, 7) is 11.7. The zero-order chi connectivity index (χ0) is 13.3. The molecule has 0 aromatic rings. The molecule has 4 nitrogen and oxygen atoms in total. The third-order valence-electron chi connectivity index (χ3n) is 3.05. The molecular weight excluding hydrogens is 216 g/mol. The first kappa shape index (κ1) is 16.4. The van der Waals surface area contributed by atoms with E-state index in [1.54, 1.807) is 6.92 Å². The molecule has 4 heteroatoms. The van der Waals surface area contributed by atoms with Gasteiger partial charge in [-0.2, -0.15) is 0 Å². The smallest absolute Gasteiger partial charge is 0.323 e. The predicted octanol–water partition coefficient (Wildman–Crippen LogP) is 1.95. The summed E-state index contributed by atoms with van der Waals surface area (Å²) in [5.41, 5.74) is -0.797. The lowest BCUT2D eigenvalue weighted by Crippen LogP contribution is -2.51. The number of nitrogens with one attached hydrogen (secondary N) is 1. The minimum absolute atomic E-state index is 0.649. The minimum Gasteiger partial charge on any atom is -0.480 e. The highest BCUT2D eigenvalue weighted by atomic mass is 16.4. The fraction of sp³-hybridized carbons (Fsp3) is 0.923. The number of nitrogens with zero attached hydrogens (tertiary/aromatic N) is 1. The quantitative estimate of drug-likeness (QED) is 0.617. The molecule has 0 aliphatic rings. The Hall–Kier alpha value is -0.610. The maximum Gasteiger partial charge on any atom is 0.323 e. The number of carbonyl (C=O) groups is 1. The third-order valence-corrected chi connectivity index (χ3v) is 3.05. The number of likely N-dealkylation sites (N-methyl/N-ethyl adjacent to an activating group) is 1. The van der Waals surface area contributed by atoms with Crippen molar-refractivity contribution in [2.45, 2.75) is 52.5 Å². The van der Waals surface area contributed by atoms with Gasteiger partial charge in [0.2, 0.25) is 0 Å². The Kier molecular flexibility index (Phi) is 8.17. The van der Waals surface area contributed by atoms with Crippen LogP contribution in [0.4, 0.5) is 0 Å². The van der Waals surface area contributed by atoms with Gasteiger partial charge in [-0.25, -0.2) is 0 Å². The molecule has 1 unspecified atom stereocenters. The van der Waals surface area contributed by atoms with Crippen molar-refractivity contribution in [2.24, 2.45) is 0 Å². The van der Waals surface area contributed by atoms with Crippen molar-refractivity contribution in [1.29, 1.82) is 0 Å². The van der Waals surface area contributed by atoms with Crippen molar-refractivity contribution in [1.82, 2.24) is 10.2 Å². The van der Waals surface area contributed by atoms with Crippen LogP contribution in [0, 0.1) is 0 Å². The highest BCUT2D eigenvalue weighted by Gasteiger charge is 2.31. The molecule has 0 saturated carbocycles. The molecule has 0 spiro atoms. The van der Waals surface area contributed by atoms with Gasteiger partial charge in [0.05, 0.1) is 0 Å². The van der Waals surface area contributed by atoms with Crippen LogP contribution in [0.25, 0.3) is 0 Å². The molecular formula is C13H28N2O2. The van der Waals surface area contributed by atoms with Gasteiger partial charge in [-0.1, -0.05) is 20.8 Å². The van der Waals surface area contributed by atoms with Crippen molar-refractivity contribution in [3.05, 3.63) is 0 Å². The molecule has 0 rings (SSSR count). The molecule has 0 amide bonds. The van der Waals surface area contributed by atoms with E-state index in [1.807, 2.05) is 6.92 Å². The fourth-order valence-corrected chi connectivity index (χ4v) is 2.01. The van der Waals surface area contributed by atoms with Gasteiger partial charge in [0.25, 0.3) is 0 Å². The van der Waals surface area contributed by atoms with Crippen LogP contribution in [0.3, 0.4) is 0 Å². The number of hydrogen-bond donors (Lipinski definition) is 2. The lowest BCUT2D eigenvalue weighted by molar-refractivity contribution is -0.144. The van der Waals surface area contributed by atoms with E-state index in [1.165, 1.54) is 0 Å². The van der Waals surface area contributed by atoms with Crippen molar-refractivity contribution in [2.75, 3.05) is 26.2 Å². The molecule has 0 aliphatic heterocycles. The molecule has 0 aromatic heterocycles. The first-order valence-electron chi connectivity index (χ1n) is 6.70. The van der Waals surface area contributed by atoms with Crippen molar-refractivity contribution < 1.29 is 9.90 Å². The first-order chi connectivity index (χ1) is 8.00. The summed E-state index contributed by atoms with van der Waals surface area (Å²) < 4.78 is 0. The molecule has 0 heterocycles. The second-order valence-corrected chi connectivity index (χ2v) is 4.76. The van der Waals surface area contributed by atoms with Crippen LogP contribution in [0.15, 0.2) is 0 Å². The van der Waals surface area contributed by atoms with E-state index in [9.17, 15) is 9.90 Å². The van der Waals surface area contributed by atoms with Crippen LogP contribution < -0.4 is 5.32 Å². The van der Waals surface area contributed by atoms with Gasteiger partial charge in [-0.05, 0) is 45.8 Å². The molecule has 0 fully saturated rings.